The largest absolute Gasteiger partial charge is 0.488 e. The maximum Gasteiger partial charge on any atom is 0.296 e. The summed E-state index contributed by atoms with van der Waals surface area (Å²) in [6.45, 7) is 4.10. The number of nitro benzene ring substituents is 1. The number of aryl methyl sites for hydroxylation is 1. The molecule has 0 amide bonds. The lowest BCUT2D eigenvalue weighted by atomic mass is 9.73. The zero-order valence-corrected chi connectivity index (χ0v) is 24.0. The first kappa shape index (κ1) is 28.1. The smallest absolute Gasteiger partial charge is 0.296 e. The molecule has 1 aliphatic heterocycles. The molecule has 3 aromatic carbocycles. The molecule has 10 heteroatoms. The van der Waals surface area contributed by atoms with E-state index in [4.69, 9.17) is 10.5 Å². The van der Waals surface area contributed by atoms with Crippen LogP contribution in [-0.4, -0.2) is 10.7 Å². The summed E-state index contributed by atoms with van der Waals surface area (Å²) in [5.74, 6) is -1.04. The van der Waals surface area contributed by atoms with Gasteiger partial charge in [0.25, 0.3) is 5.69 Å². The number of halogens is 2. The molecule has 0 radical (unpaired) electrons. The Morgan fingerprint density at radius 2 is 1.95 bits per heavy atom. The van der Waals surface area contributed by atoms with Crippen LogP contribution in [-0.2, 0) is 11.4 Å². The number of carbonyl (C=O) groups is 1. The molecule has 208 valence electrons. The SMILES string of the molecule is Cc1cc(COc2ccccc2Br)c(C)c(C2C(C#N)=C(N)N(c3ccc(F)cc3[N+](=O)[O-])C3=C2C(=O)CCC3)c1. The van der Waals surface area contributed by atoms with Crippen LogP contribution in [0.4, 0.5) is 15.8 Å². The van der Waals surface area contributed by atoms with Gasteiger partial charge in [-0.15, -0.1) is 0 Å². The molecule has 1 aliphatic carbocycles. The van der Waals surface area contributed by atoms with Gasteiger partial charge in [-0.25, -0.2) is 4.39 Å². The highest BCUT2D eigenvalue weighted by molar-refractivity contribution is 9.10. The molecule has 0 spiro atoms. The number of ketones is 1. The number of anilines is 1. The molecule has 5 rings (SSSR count). The normalized spacial score (nSPS) is 16.9. The molecule has 41 heavy (non-hydrogen) atoms. The van der Waals surface area contributed by atoms with E-state index in [0.29, 0.717) is 29.9 Å². The molecule has 0 aromatic heterocycles. The fourth-order valence-corrected chi connectivity index (χ4v) is 6.03. The summed E-state index contributed by atoms with van der Waals surface area (Å²) in [7, 11) is 0. The number of hydrogen-bond donors (Lipinski definition) is 1. The third kappa shape index (κ3) is 5.09. The first-order chi connectivity index (χ1) is 19.6. The minimum absolute atomic E-state index is 0.00536. The lowest BCUT2D eigenvalue weighted by molar-refractivity contribution is -0.384. The fourth-order valence-electron chi connectivity index (χ4n) is 5.64. The molecule has 1 heterocycles. The van der Waals surface area contributed by atoms with Crippen LogP contribution >= 0.6 is 15.9 Å². The molecule has 1 atom stereocenters. The molecule has 2 N–H and O–H groups in total. The van der Waals surface area contributed by atoms with Gasteiger partial charge < -0.3 is 10.5 Å². The van der Waals surface area contributed by atoms with Gasteiger partial charge in [-0.3, -0.25) is 19.8 Å². The Labute approximate surface area is 244 Å². The van der Waals surface area contributed by atoms with Gasteiger partial charge in [0.2, 0.25) is 0 Å². The van der Waals surface area contributed by atoms with Gasteiger partial charge in [0, 0.05) is 17.7 Å². The van der Waals surface area contributed by atoms with E-state index in [1.54, 1.807) is 0 Å². The number of Topliss-reactive ketones (excluding diaryl/α,β-unsaturated/α-hetero) is 1. The molecule has 2 aliphatic rings. The van der Waals surface area contributed by atoms with Gasteiger partial charge in [0.05, 0.1) is 33.0 Å². The summed E-state index contributed by atoms with van der Waals surface area (Å²) < 4.78 is 20.9. The third-order valence-corrected chi connectivity index (χ3v) is 8.17. The molecule has 0 fully saturated rings. The van der Waals surface area contributed by atoms with Gasteiger partial charge in [-0.2, -0.15) is 5.26 Å². The van der Waals surface area contributed by atoms with E-state index >= 15 is 0 Å². The third-order valence-electron chi connectivity index (χ3n) is 7.52. The summed E-state index contributed by atoms with van der Waals surface area (Å²) >= 11 is 3.50. The van der Waals surface area contributed by atoms with E-state index in [0.717, 1.165) is 38.9 Å². The maximum absolute atomic E-state index is 14.0. The molecular weight excluding hydrogens is 591 g/mol. The van der Waals surface area contributed by atoms with Crippen LogP contribution in [0.2, 0.25) is 0 Å². The maximum atomic E-state index is 14.0. The number of nitro groups is 1. The van der Waals surface area contributed by atoms with E-state index in [9.17, 15) is 24.6 Å². The first-order valence-electron chi connectivity index (χ1n) is 13.0. The topological polar surface area (TPSA) is 122 Å². The number of carbonyl (C=O) groups excluding carboxylic acids is 1. The highest BCUT2D eigenvalue weighted by Gasteiger charge is 2.42. The quantitative estimate of drug-likeness (QED) is 0.234. The molecule has 8 nitrogen and oxygen atoms in total. The highest BCUT2D eigenvalue weighted by atomic mass is 79.9. The number of nitrogens with zero attached hydrogens (tertiary/aromatic N) is 3. The number of nitriles is 1. The van der Waals surface area contributed by atoms with E-state index in [-0.39, 0.29) is 35.9 Å². The average Bonchev–Trinajstić information content (AvgIpc) is 2.94. The van der Waals surface area contributed by atoms with E-state index in [2.05, 4.69) is 22.0 Å². The Bertz CT molecular complexity index is 1710. The van der Waals surface area contributed by atoms with Crippen LogP contribution in [0.3, 0.4) is 0 Å². The van der Waals surface area contributed by atoms with Gasteiger partial charge in [-0.05, 0) is 83.6 Å². The second-order valence-corrected chi connectivity index (χ2v) is 10.9. The van der Waals surface area contributed by atoms with E-state index in [1.165, 1.54) is 11.0 Å². The Morgan fingerprint density at radius 1 is 1.20 bits per heavy atom. The zero-order chi connectivity index (χ0) is 29.4. The van der Waals surface area contributed by atoms with Gasteiger partial charge in [0.1, 0.15) is 29.7 Å². The molecule has 0 bridgehead atoms. The van der Waals surface area contributed by atoms with Crippen molar-refractivity contribution < 1.29 is 18.8 Å². The van der Waals surface area contributed by atoms with Crippen LogP contribution in [0.15, 0.2) is 81.7 Å². The summed E-state index contributed by atoms with van der Waals surface area (Å²) in [6, 6.07) is 16.8. The molecule has 1 unspecified atom stereocenters. The van der Waals surface area contributed by atoms with Crippen LogP contribution in [0.25, 0.3) is 0 Å². The number of allylic oxidation sites excluding steroid dienone is 3. The van der Waals surface area contributed by atoms with Crippen LogP contribution in [0.1, 0.15) is 47.4 Å². The molecular formula is C31H26BrFN4O4. The second kappa shape index (κ2) is 11.2. The number of hydrogen-bond acceptors (Lipinski definition) is 7. The minimum atomic E-state index is -0.778. The number of rotatable bonds is 6. The van der Waals surface area contributed by atoms with Crippen LogP contribution in [0, 0.1) is 41.1 Å². The van der Waals surface area contributed by atoms with Gasteiger partial charge in [0.15, 0.2) is 5.78 Å². The van der Waals surface area contributed by atoms with E-state index in [1.807, 2.05) is 50.2 Å². The van der Waals surface area contributed by atoms with Crippen LogP contribution < -0.4 is 15.4 Å². The number of benzene rings is 3. The van der Waals surface area contributed by atoms with Crippen molar-refractivity contribution >= 4 is 33.1 Å². The number of nitrogens with two attached hydrogens (primary N) is 1. The lowest BCUT2D eigenvalue weighted by Crippen LogP contribution is -2.39. The highest BCUT2D eigenvalue weighted by Crippen LogP contribution is 2.49. The Hall–Kier alpha value is -4.49. The summed E-state index contributed by atoms with van der Waals surface area (Å²) in [5.41, 5.74) is 10.5. The van der Waals surface area contributed by atoms with Crippen molar-refractivity contribution in [3.8, 4) is 11.8 Å². The van der Waals surface area contributed by atoms with Crippen molar-refractivity contribution in [3.05, 3.63) is 120 Å². The number of ether oxygens (including phenoxy) is 1. The standard InChI is InChI=1S/C31H26BrFN4O4/c1-17-12-19(16-41-28-9-4-3-6-23(28)32)18(2)21(13-17)29-22(15-34)31(35)36(25-7-5-8-27(38)30(25)29)24-11-10-20(33)14-26(24)37(39)40/h3-4,6,9-14,29H,5,7-8,16,35H2,1-2H3. The van der Waals surface area contributed by atoms with Crippen molar-refractivity contribution in [3.63, 3.8) is 0 Å². The Kier molecular flexibility index (Phi) is 7.65. The predicted octanol–water partition coefficient (Wildman–Crippen LogP) is 7.00. The number of para-hydroxylation sites is 1. The van der Waals surface area contributed by atoms with Gasteiger partial charge in [-0.1, -0.05) is 29.8 Å². The van der Waals surface area contributed by atoms with Crippen molar-refractivity contribution in [2.75, 3.05) is 4.90 Å². The van der Waals surface area contributed by atoms with E-state index < -0.39 is 22.3 Å². The molecule has 3 aromatic rings. The van der Waals surface area contributed by atoms with Crippen molar-refractivity contribution in [2.45, 2.75) is 45.6 Å². The average molecular weight is 617 g/mol. The Balaban J connectivity index is 1.68. The lowest BCUT2D eigenvalue weighted by Gasteiger charge is -2.39. The fraction of sp³-hybridized carbons (Fsp3) is 0.226. The van der Waals surface area contributed by atoms with Crippen molar-refractivity contribution in [2.24, 2.45) is 5.73 Å². The second-order valence-electron chi connectivity index (χ2n) is 10.1. The van der Waals surface area contributed by atoms with Crippen molar-refractivity contribution in [1.29, 1.82) is 5.26 Å². The summed E-state index contributed by atoms with van der Waals surface area (Å²) in [6.07, 6.45) is 1.20. The van der Waals surface area contributed by atoms with Gasteiger partial charge >= 0.3 is 0 Å². The molecule has 0 saturated carbocycles. The summed E-state index contributed by atoms with van der Waals surface area (Å²) in [5, 5.41) is 22.3. The minimum Gasteiger partial charge on any atom is -0.488 e. The summed E-state index contributed by atoms with van der Waals surface area (Å²) in [4.78, 5) is 26.2. The van der Waals surface area contributed by atoms with Crippen molar-refractivity contribution in [1.82, 2.24) is 0 Å². The Morgan fingerprint density at radius 3 is 2.66 bits per heavy atom. The first-order valence-corrected chi connectivity index (χ1v) is 13.8. The zero-order valence-electron chi connectivity index (χ0n) is 22.4. The van der Waals surface area contributed by atoms with Crippen LogP contribution in [0.5, 0.6) is 5.75 Å². The monoisotopic (exact) mass is 616 g/mol. The molecule has 0 saturated heterocycles. The predicted molar refractivity (Wildman–Crippen MR) is 155 cm³/mol.